The number of likely N-dealkylation sites (tertiary alicyclic amines) is 1. The summed E-state index contributed by atoms with van der Waals surface area (Å²) in [6, 6.07) is 6.07. The van der Waals surface area contributed by atoms with Crippen molar-refractivity contribution >= 4 is 17.5 Å². The zero-order chi connectivity index (χ0) is 15.1. The molecular formula is C18H22ClNO2. The smallest absolute Gasteiger partial charge is 0.264 e. The van der Waals surface area contributed by atoms with Gasteiger partial charge in [-0.3, -0.25) is 4.79 Å². The molecule has 3 aliphatic rings. The third-order valence-corrected chi connectivity index (χ3v) is 5.73. The SMILES string of the molecule is O=C([C@H]1Cc2cc(Cl)ccc2O1)N1CCC[C@@H]2CCCC[C@@H]21. The van der Waals surface area contributed by atoms with Gasteiger partial charge in [-0.05, 0) is 55.4 Å². The summed E-state index contributed by atoms with van der Waals surface area (Å²) in [5, 5.41) is 0.709. The first-order chi connectivity index (χ1) is 10.7. The fourth-order valence-corrected chi connectivity index (χ4v) is 4.63. The minimum absolute atomic E-state index is 0.184. The van der Waals surface area contributed by atoms with Crippen LogP contribution in [-0.2, 0) is 11.2 Å². The van der Waals surface area contributed by atoms with E-state index in [1.54, 1.807) is 0 Å². The van der Waals surface area contributed by atoms with E-state index in [0.717, 1.165) is 24.3 Å². The van der Waals surface area contributed by atoms with Gasteiger partial charge < -0.3 is 9.64 Å². The van der Waals surface area contributed by atoms with Gasteiger partial charge in [0.25, 0.3) is 5.91 Å². The average Bonchev–Trinajstić information content (AvgIpc) is 2.96. The predicted octanol–water partition coefficient (Wildman–Crippen LogP) is 3.82. The van der Waals surface area contributed by atoms with Crippen molar-refractivity contribution in [2.24, 2.45) is 5.92 Å². The van der Waals surface area contributed by atoms with Crippen LogP contribution >= 0.6 is 11.6 Å². The fraction of sp³-hybridized carbons (Fsp3) is 0.611. The maximum atomic E-state index is 13.0. The van der Waals surface area contributed by atoms with Crippen molar-refractivity contribution in [3.05, 3.63) is 28.8 Å². The number of hydrogen-bond acceptors (Lipinski definition) is 2. The number of fused-ring (bicyclic) bond motifs is 2. The molecule has 1 aromatic carbocycles. The molecule has 1 aliphatic carbocycles. The molecular weight excluding hydrogens is 298 g/mol. The number of benzene rings is 1. The predicted molar refractivity (Wildman–Crippen MR) is 86.3 cm³/mol. The van der Waals surface area contributed by atoms with Crippen molar-refractivity contribution < 1.29 is 9.53 Å². The molecule has 2 heterocycles. The Hall–Kier alpha value is -1.22. The molecule has 22 heavy (non-hydrogen) atoms. The topological polar surface area (TPSA) is 29.5 Å². The van der Waals surface area contributed by atoms with E-state index in [2.05, 4.69) is 4.90 Å². The monoisotopic (exact) mass is 319 g/mol. The summed E-state index contributed by atoms with van der Waals surface area (Å²) in [7, 11) is 0. The number of carbonyl (C=O) groups is 1. The third-order valence-electron chi connectivity index (χ3n) is 5.50. The molecule has 1 aromatic rings. The molecule has 1 saturated carbocycles. The van der Waals surface area contributed by atoms with Crippen LogP contribution in [-0.4, -0.2) is 29.5 Å². The van der Waals surface area contributed by atoms with Gasteiger partial charge in [0.2, 0.25) is 0 Å². The quantitative estimate of drug-likeness (QED) is 0.787. The fourth-order valence-electron chi connectivity index (χ4n) is 4.44. The third kappa shape index (κ3) is 2.50. The summed E-state index contributed by atoms with van der Waals surface area (Å²) in [6.07, 6.45) is 7.77. The van der Waals surface area contributed by atoms with Crippen molar-refractivity contribution in [3.63, 3.8) is 0 Å². The van der Waals surface area contributed by atoms with Gasteiger partial charge in [-0.2, -0.15) is 0 Å². The maximum Gasteiger partial charge on any atom is 0.264 e. The number of halogens is 1. The molecule has 4 heteroatoms. The van der Waals surface area contributed by atoms with Gasteiger partial charge in [0.05, 0.1) is 0 Å². The van der Waals surface area contributed by atoms with Gasteiger partial charge in [0.1, 0.15) is 5.75 Å². The van der Waals surface area contributed by atoms with Crippen molar-refractivity contribution in [2.75, 3.05) is 6.54 Å². The number of piperidine rings is 1. The van der Waals surface area contributed by atoms with E-state index in [0.29, 0.717) is 23.4 Å². The van der Waals surface area contributed by atoms with E-state index < -0.39 is 0 Å². The van der Waals surface area contributed by atoms with E-state index in [4.69, 9.17) is 16.3 Å². The lowest BCUT2D eigenvalue weighted by molar-refractivity contribution is -0.144. The zero-order valence-corrected chi connectivity index (χ0v) is 13.5. The molecule has 0 N–H and O–H groups in total. The highest BCUT2D eigenvalue weighted by Crippen LogP contribution is 2.37. The standard InChI is InChI=1S/C18H22ClNO2/c19-14-7-8-16-13(10-14)11-17(22-16)18(21)20-9-3-5-12-4-1-2-6-15(12)20/h7-8,10,12,15,17H,1-6,9,11H2/t12-,15-,17+/m0/s1. The van der Waals surface area contributed by atoms with Gasteiger partial charge in [0.15, 0.2) is 6.10 Å². The van der Waals surface area contributed by atoms with E-state index in [1.165, 1.54) is 32.1 Å². The maximum absolute atomic E-state index is 13.0. The molecule has 0 bridgehead atoms. The highest BCUT2D eigenvalue weighted by molar-refractivity contribution is 6.30. The van der Waals surface area contributed by atoms with Crippen LogP contribution in [0.1, 0.15) is 44.1 Å². The van der Waals surface area contributed by atoms with Crippen molar-refractivity contribution in [3.8, 4) is 5.75 Å². The van der Waals surface area contributed by atoms with Gasteiger partial charge in [-0.25, -0.2) is 0 Å². The van der Waals surface area contributed by atoms with Crippen LogP contribution < -0.4 is 4.74 Å². The highest BCUT2D eigenvalue weighted by atomic mass is 35.5. The van der Waals surface area contributed by atoms with E-state index in [-0.39, 0.29) is 12.0 Å². The Labute approximate surface area is 136 Å². The molecule has 118 valence electrons. The molecule has 0 unspecified atom stereocenters. The number of rotatable bonds is 1. The van der Waals surface area contributed by atoms with Crippen LogP contribution in [0.2, 0.25) is 5.02 Å². The first-order valence-corrected chi connectivity index (χ1v) is 8.86. The molecule has 1 amide bonds. The second kappa shape index (κ2) is 5.77. The molecule has 4 rings (SSSR count). The Morgan fingerprint density at radius 3 is 2.91 bits per heavy atom. The average molecular weight is 320 g/mol. The minimum atomic E-state index is -0.353. The normalized spacial score (nSPS) is 30.4. The number of amides is 1. The first-order valence-electron chi connectivity index (χ1n) is 8.48. The Kier molecular flexibility index (Phi) is 3.77. The Balaban J connectivity index is 1.50. The number of nitrogens with zero attached hydrogens (tertiary/aromatic N) is 1. The van der Waals surface area contributed by atoms with E-state index >= 15 is 0 Å². The Bertz CT molecular complexity index is 586. The molecule has 2 aliphatic heterocycles. The molecule has 3 nitrogen and oxygen atoms in total. The van der Waals surface area contributed by atoms with Crippen molar-refractivity contribution in [1.29, 1.82) is 0 Å². The van der Waals surface area contributed by atoms with Crippen LogP contribution in [0.5, 0.6) is 5.75 Å². The van der Waals surface area contributed by atoms with Crippen LogP contribution in [0.25, 0.3) is 0 Å². The minimum Gasteiger partial charge on any atom is -0.480 e. The summed E-state index contributed by atoms with van der Waals surface area (Å²) in [4.78, 5) is 15.1. The molecule has 2 fully saturated rings. The summed E-state index contributed by atoms with van der Waals surface area (Å²) in [6.45, 7) is 0.900. The number of ether oxygens (including phenoxy) is 1. The number of carbonyl (C=O) groups excluding carboxylic acids is 1. The lowest BCUT2D eigenvalue weighted by Crippen LogP contribution is -2.53. The molecule has 3 atom stereocenters. The van der Waals surface area contributed by atoms with Crippen molar-refractivity contribution in [2.45, 2.75) is 57.1 Å². The van der Waals surface area contributed by atoms with Crippen LogP contribution in [0.15, 0.2) is 18.2 Å². The van der Waals surface area contributed by atoms with Gasteiger partial charge in [-0.1, -0.05) is 24.4 Å². The summed E-state index contributed by atoms with van der Waals surface area (Å²) in [5.74, 6) is 1.72. The van der Waals surface area contributed by atoms with Gasteiger partial charge in [-0.15, -0.1) is 0 Å². The number of hydrogen-bond donors (Lipinski definition) is 0. The lowest BCUT2D eigenvalue weighted by Gasteiger charge is -2.44. The van der Waals surface area contributed by atoms with Crippen LogP contribution in [0.3, 0.4) is 0 Å². The van der Waals surface area contributed by atoms with Crippen LogP contribution in [0, 0.1) is 5.92 Å². The largest absolute Gasteiger partial charge is 0.480 e. The second-order valence-corrected chi connectivity index (χ2v) is 7.28. The summed E-state index contributed by atoms with van der Waals surface area (Å²) < 4.78 is 5.91. The van der Waals surface area contributed by atoms with Gasteiger partial charge in [0, 0.05) is 24.0 Å². The lowest BCUT2D eigenvalue weighted by atomic mass is 9.78. The Morgan fingerprint density at radius 1 is 1.18 bits per heavy atom. The van der Waals surface area contributed by atoms with E-state index in [1.807, 2.05) is 18.2 Å². The molecule has 0 aromatic heterocycles. The van der Waals surface area contributed by atoms with E-state index in [9.17, 15) is 4.79 Å². The highest BCUT2D eigenvalue weighted by Gasteiger charge is 2.40. The summed E-state index contributed by atoms with van der Waals surface area (Å²) in [5.41, 5.74) is 1.06. The molecule has 1 saturated heterocycles. The Morgan fingerprint density at radius 2 is 2.00 bits per heavy atom. The first kappa shape index (κ1) is 14.4. The van der Waals surface area contributed by atoms with Crippen LogP contribution in [0.4, 0.5) is 0 Å². The zero-order valence-electron chi connectivity index (χ0n) is 12.8. The van der Waals surface area contributed by atoms with Gasteiger partial charge >= 0.3 is 0 Å². The van der Waals surface area contributed by atoms with Crippen molar-refractivity contribution in [1.82, 2.24) is 4.90 Å². The summed E-state index contributed by atoms with van der Waals surface area (Å²) >= 11 is 6.04. The molecule has 0 radical (unpaired) electrons. The second-order valence-electron chi connectivity index (χ2n) is 6.85. The molecule has 0 spiro atoms.